The summed E-state index contributed by atoms with van der Waals surface area (Å²) in [4.78, 5) is 18.0. The maximum atomic E-state index is 12.6. The van der Waals surface area contributed by atoms with Crippen LogP contribution in [0, 0.1) is 6.92 Å². The zero-order chi connectivity index (χ0) is 15.6. The lowest BCUT2D eigenvalue weighted by atomic mass is 10.1. The van der Waals surface area contributed by atoms with Crippen LogP contribution in [0.4, 0.5) is 0 Å². The summed E-state index contributed by atoms with van der Waals surface area (Å²) in [6.45, 7) is 1.59. The summed E-state index contributed by atoms with van der Waals surface area (Å²) in [7, 11) is -3.12. The quantitative estimate of drug-likeness (QED) is 0.875. The number of hydrogen-bond acceptors (Lipinski definition) is 5. The molecule has 0 saturated carbocycles. The van der Waals surface area contributed by atoms with Crippen LogP contribution in [0.2, 0.25) is 5.02 Å². The molecule has 0 spiro atoms. The van der Waals surface area contributed by atoms with Gasteiger partial charge in [-0.3, -0.25) is 9.78 Å². The van der Waals surface area contributed by atoms with Crippen molar-refractivity contribution in [2.75, 3.05) is 24.7 Å². The third-order valence-corrected chi connectivity index (χ3v) is 5.53. The van der Waals surface area contributed by atoms with Crippen LogP contribution in [0.3, 0.4) is 0 Å². The maximum absolute atomic E-state index is 12.6. The standard InChI is InChI=1S/C13H17ClN2O4S/c1-9-6-12(14)11(7-15-9)13(18)16(3-4-17)10-2-5-21(19,20)8-10/h6-7,10,17H,2-5,8H2,1H3. The van der Waals surface area contributed by atoms with Crippen molar-refractivity contribution in [3.63, 3.8) is 0 Å². The van der Waals surface area contributed by atoms with E-state index >= 15 is 0 Å². The summed E-state index contributed by atoms with van der Waals surface area (Å²) in [5.74, 6) is -0.411. The number of halogens is 1. The Hall–Kier alpha value is -1.18. The molecule has 116 valence electrons. The van der Waals surface area contributed by atoms with Gasteiger partial charge in [-0.15, -0.1) is 0 Å². The first-order chi connectivity index (χ1) is 9.84. The van der Waals surface area contributed by atoms with Crippen LogP contribution in [0.5, 0.6) is 0 Å². The van der Waals surface area contributed by atoms with Crippen LogP contribution >= 0.6 is 11.6 Å². The van der Waals surface area contributed by atoms with Crippen LogP contribution in [0.15, 0.2) is 12.3 Å². The largest absolute Gasteiger partial charge is 0.395 e. The number of rotatable bonds is 4. The van der Waals surface area contributed by atoms with Crippen LogP contribution in [-0.4, -0.2) is 60.0 Å². The Morgan fingerprint density at radius 1 is 1.57 bits per heavy atom. The molecule has 1 aromatic rings. The Bertz CT molecular complexity index is 648. The summed E-state index contributed by atoms with van der Waals surface area (Å²) in [5.41, 5.74) is 0.911. The number of amides is 1. The molecule has 1 saturated heterocycles. The lowest BCUT2D eigenvalue weighted by molar-refractivity contribution is 0.0655. The highest BCUT2D eigenvalue weighted by Crippen LogP contribution is 2.23. The molecule has 1 aliphatic heterocycles. The Balaban J connectivity index is 2.27. The molecule has 0 aliphatic carbocycles. The summed E-state index contributed by atoms with van der Waals surface area (Å²) in [5, 5.41) is 9.42. The summed E-state index contributed by atoms with van der Waals surface area (Å²) in [6, 6.07) is 1.16. The van der Waals surface area contributed by atoms with Crippen molar-refractivity contribution in [2.24, 2.45) is 0 Å². The first kappa shape index (κ1) is 16.2. The molecule has 6 nitrogen and oxygen atoms in total. The molecular formula is C13H17ClN2O4S. The number of aliphatic hydroxyl groups excluding tert-OH is 1. The zero-order valence-corrected chi connectivity index (χ0v) is 13.2. The third kappa shape index (κ3) is 3.72. The fourth-order valence-electron chi connectivity index (χ4n) is 2.42. The van der Waals surface area contributed by atoms with Crippen LogP contribution < -0.4 is 0 Å². The van der Waals surface area contributed by atoms with E-state index in [1.54, 1.807) is 13.0 Å². The third-order valence-electron chi connectivity index (χ3n) is 3.47. The van der Waals surface area contributed by atoms with Gasteiger partial charge in [-0.1, -0.05) is 11.6 Å². The minimum Gasteiger partial charge on any atom is -0.395 e. The van der Waals surface area contributed by atoms with Gasteiger partial charge in [-0.25, -0.2) is 8.42 Å². The highest BCUT2D eigenvalue weighted by atomic mass is 35.5. The monoisotopic (exact) mass is 332 g/mol. The van der Waals surface area contributed by atoms with Crippen molar-refractivity contribution in [3.8, 4) is 0 Å². The number of nitrogens with zero attached hydrogens (tertiary/aromatic N) is 2. The van der Waals surface area contributed by atoms with Gasteiger partial charge in [-0.05, 0) is 19.4 Å². The van der Waals surface area contributed by atoms with Crippen LogP contribution in [-0.2, 0) is 9.84 Å². The molecule has 2 rings (SSSR count). The van der Waals surface area contributed by atoms with Crippen molar-refractivity contribution < 1.29 is 18.3 Å². The summed E-state index contributed by atoms with van der Waals surface area (Å²) < 4.78 is 23.2. The van der Waals surface area contributed by atoms with E-state index in [2.05, 4.69) is 4.98 Å². The number of aliphatic hydroxyl groups is 1. The number of aromatic nitrogens is 1. The number of sulfone groups is 1. The number of aryl methyl sites for hydroxylation is 1. The van der Waals surface area contributed by atoms with E-state index in [9.17, 15) is 13.2 Å². The molecule has 1 N–H and O–H groups in total. The predicted molar refractivity (Wildman–Crippen MR) is 79.2 cm³/mol. The molecule has 8 heteroatoms. The van der Waals surface area contributed by atoms with Crippen molar-refractivity contribution in [1.29, 1.82) is 0 Å². The fraction of sp³-hybridized carbons (Fsp3) is 0.538. The van der Waals surface area contributed by atoms with Gasteiger partial charge in [0.05, 0.1) is 28.7 Å². The van der Waals surface area contributed by atoms with Gasteiger partial charge in [-0.2, -0.15) is 0 Å². The Morgan fingerprint density at radius 3 is 2.81 bits per heavy atom. The van der Waals surface area contributed by atoms with E-state index in [4.69, 9.17) is 16.7 Å². The molecule has 1 amide bonds. The van der Waals surface area contributed by atoms with Gasteiger partial charge >= 0.3 is 0 Å². The SMILES string of the molecule is Cc1cc(Cl)c(C(=O)N(CCO)C2CCS(=O)(=O)C2)cn1. The molecule has 0 aromatic carbocycles. The molecule has 1 fully saturated rings. The van der Waals surface area contributed by atoms with Crippen LogP contribution in [0.1, 0.15) is 22.5 Å². The van der Waals surface area contributed by atoms with Gasteiger partial charge < -0.3 is 10.0 Å². The zero-order valence-electron chi connectivity index (χ0n) is 11.6. The van der Waals surface area contributed by atoms with Gasteiger partial charge in [0, 0.05) is 24.5 Å². The molecular weight excluding hydrogens is 316 g/mol. The van der Waals surface area contributed by atoms with Gasteiger partial charge in [0.25, 0.3) is 5.91 Å². The maximum Gasteiger partial charge on any atom is 0.257 e. The average molecular weight is 333 g/mol. The molecule has 1 unspecified atom stereocenters. The van der Waals surface area contributed by atoms with Crippen molar-refractivity contribution >= 4 is 27.3 Å². The van der Waals surface area contributed by atoms with E-state index in [0.717, 1.165) is 0 Å². The lowest BCUT2D eigenvalue weighted by Crippen LogP contribution is -2.43. The topological polar surface area (TPSA) is 87.6 Å². The molecule has 0 bridgehead atoms. The number of pyridine rings is 1. The van der Waals surface area contributed by atoms with E-state index < -0.39 is 21.8 Å². The van der Waals surface area contributed by atoms with Crippen LogP contribution in [0.25, 0.3) is 0 Å². The lowest BCUT2D eigenvalue weighted by Gasteiger charge is -2.27. The second-order valence-corrected chi connectivity index (χ2v) is 7.72. The number of carbonyl (C=O) groups excluding carboxylic acids is 1. The Labute approximate surface area is 128 Å². The number of hydrogen-bond donors (Lipinski definition) is 1. The van der Waals surface area contributed by atoms with E-state index in [-0.39, 0.29) is 35.2 Å². The van der Waals surface area contributed by atoms with Crippen molar-refractivity contribution in [2.45, 2.75) is 19.4 Å². The van der Waals surface area contributed by atoms with Gasteiger partial charge in [0.15, 0.2) is 9.84 Å². The first-order valence-electron chi connectivity index (χ1n) is 6.58. The molecule has 1 aliphatic rings. The first-order valence-corrected chi connectivity index (χ1v) is 8.78. The Kier molecular flexibility index (Phi) is 4.85. The van der Waals surface area contributed by atoms with Crippen molar-refractivity contribution in [1.82, 2.24) is 9.88 Å². The van der Waals surface area contributed by atoms with Gasteiger partial charge in [0.1, 0.15) is 0 Å². The fourth-order valence-corrected chi connectivity index (χ4v) is 4.44. The molecule has 1 atom stereocenters. The molecule has 21 heavy (non-hydrogen) atoms. The normalized spacial score (nSPS) is 20.4. The predicted octanol–water partition coefficient (Wildman–Crippen LogP) is 0.665. The van der Waals surface area contributed by atoms with E-state index in [1.165, 1.54) is 11.1 Å². The summed E-state index contributed by atoms with van der Waals surface area (Å²) in [6.07, 6.45) is 1.76. The minimum absolute atomic E-state index is 0.0623. The van der Waals surface area contributed by atoms with E-state index in [0.29, 0.717) is 12.1 Å². The van der Waals surface area contributed by atoms with Crippen molar-refractivity contribution in [3.05, 3.63) is 28.5 Å². The highest BCUT2D eigenvalue weighted by molar-refractivity contribution is 7.91. The molecule has 1 aromatic heterocycles. The highest BCUT2D eigenvalue weighted by Gasteiger charge is 2.35. The Morgan fingerprint density at radius 2 is 2.29 bits per heavy atom. The smallest absolute Gasteiger partial charge is 0.257 e. The summed E-state index contributed by atoms with van der Waals surface area (Å²) >= 11 is 6.06. The molecule has 2 heterocycles. The average Bonchev–Trinajstić information content (AvgIpc) is 2.75. The second kappa shape index (κ2) is 6.29. The second-order valence-electron chi connectivity index (χ2n) is 5.08. The minimum atomic E-state index is -3.12. The van der Waals surface area contributed by atoms with E-state index in [1.807, 2.05) is 0 Å². The number of carbonyl (C=O) groups is 1. The molecule has 0 radical (unpaired) electrons. The van der Waals surface area contributed by atoms with Gasteiger partial charge in [0.2, 0.25) is 0 Å².